The van der Waals surface area contributed by atoms with Crippen LogP contribution in [-0.2, 0) is 0 Å². The lowest BCUT2D eigenvalue weighted by Gasteiger charge is -2.28. The van der Waals surface area contributed by atoms with Gasteiger partial charge < -0.3 is 5.32 Å². The SMILES string of the molecule is CCNC(CC1CC2CCC1C2)c1cccc(Cl)c1Cl. The first-order valence-corrected chi connectivity index (χ1v) is 8.62. The molecule has 1 aromatic carbocycles. The van der Waals surface area contributed by atoms with Gasteiger partial charge in [-0.15, -0.1) is 0 Å². The maximum absolute atomic E-state index is 6.42. The second-order valence-electron chi connectivity index (χ2n) is 6.42. The third-order valence-corrected chi connectivity index (χ3v) is 6.06. The third-order valence-electron chi connectivity index (χ3n) is 5.23. The molecule has 2 saturated carbocycles. The Labute approximate surface area is 132 Å². The van der Waals surface area contributed by atoms with Crippen LogP contribution in [0.3, 0.4) is 0 Å². The fourth-order valence-corrected chi connectivity index (χ4v) is 4.76. The van der Waals surface area contributed by atoms with Gasteiger partial charge in [-0.25, -0.2) is 0 Å². The Bertz CT molecular complexity index is 474. The molecule has 0 aromatic heterocycles. The molecule has 2 bridgehead atoms. The van der Waals surface area contributed by atoms with Crippen LogP contribution in [0.5, 0.6) is 0 Å². The average molecular weight is 312 g/mol. The Morgan fingerprint density at radius 2 is 2.10 bits per heavy atom. The number of benzene rings is 1. The molecule has 2 aliphatic carbocycles. The molecule has 20 heavy (non-hydrogen) atoms. The van der Waals surface area contributed by atoms with E-state index in [1.54, 1.807) is 0 Å². The molecule has 2 fully saturated rings. The van der Waals surface area contributed by atoms with Gasteiger partial charge in [0.1, 0.15) is 0 Å². The normalized spacial score (nSPS) is 29.9. The smallest absolute Gasteiger partial charge is 0.0640 e. The van der Waals surface area contributed by atoms with E-state index in [9.17, 15) is 0 Å². The molecule has 3 rings (SSSR count). The zero-order chi connectivity index (χ0) is 14.1. The van der Waals surface area contributed by atoms with Crippen molar-refractivity contribution in [2.24, 2.45) is 17.8 Å². The highest BCUT2D eigenvalue weighted by Gasteiger charge is 2.40. The van der Waals surface area contributed by atoms with Gasteiger partial charge >= 0.3 is 0 Å². The van der Waals surface area contributed by atoms with Gasteiger partial charge in [-0.3, -0.25) is 0 Å². The van der Waals surface area contributed by atoms with Crippen LogP contribution in [0.1, 0.15) is 50.6 Å². The Morgan fingerprint density at radius 3 is 2.75 bits per heavy atom. The van der Waals surface area contributed by atoms with Crippen LogP contribution in [0, 0.1) is 17.8 Å². The maximum Gasteiger partial charge on any atom is 0.0640 e. The predicted molar refractivity (Wildman–Crippen MR) is 86.4 cm³/mol. The molecule has 1 N–H and O–H groups in total. The number of halogens is 2. The molecule has 0 heterocycles. The highest BCUT2D eigenvalue weighted by Crippen LogP contribution is 2.51. The summed E-state index contributed by atoms with van der Waals surface area (Å²) in [7, 11) is 0. The Balaban J connectivity index is 1.77. The quantitative estimate of drug-likeness (QED) is 0.760. The van der Waals surface area contributed by atoms with Gasteiger partial charge in [-0.1, -0.05) is 48.7 Å². The summed E-state index contributed by atoms with van der Waals surface area (Å²) in [6.45, 7) is 3.13. The number of hydrogen-bond acceptors (Lipinski definition) is 1. The number of hydrogen-bond donors (Lipinski definition) is 1. The van der Waals surface area contributed by atoms with E-state index in [1.165, 1.54) is 37.7 Å². The van der Waals surface area contributed by atoms with Crippen LogP contribution in [0.2, 0.25) is 10.0 Å². The number of rotatable bonds is 5. The summed E-state index contributed by atoms with van der Waals surface area (Å²) in [6, 6.07) is 6.34. The predicted octanol–water partition coefficient (Wildman–Crippen LogP) is 5.47. The summed E-state index contributed by atoms with van der Waals surface area (Å²) in [6.07, 6.45) is 7.00. The van der Waals surface area contributed by atoms with Gasteiger partial charge in [0.25, 0.3) is 0 Å². The van der Waals surface area contributed by atoms with Crippen LogP contribution < -0.4 is 5.32 Å². The van der Waals surface area contributed by atoms with Gasteiger partial charge in [0.2, 0.25) is 0 Å². The molecule has 1 nitrogen and oxygen atoms in total. The van der Waals surface area contributed by atoms with Crippen molar-refractivity contribution >= 4 is 23.2 Å². The zero-order valence-corrected chi connectivity index (χ0v) is 13.6. The van der Waals surface area contributed by atoms with Crippen molar-refractivity contribution in [1.82, 2.24) is 5.32 Å². The first-order valence-electron chi connectivity index (χ1n) is 7.86. The van der Waals surface area contributed by atoms with Crippen molar-refractivity contribution in [3.63, 3.8) is 0 Å². The second kappa shape index (κ2) is 6.25. The minimum Gasteiger partial charge on any atom is -0.310 e. The van der Waals surface area contributed by atoms with E-state index < -0.39 is 0 Å². The van der Waals surface area contributed by atoms with Crippen LogP contribution >= 0.6 is 23.2 Å². The molecular weight excluding hydrogens is 289 g/mol. The molecule has 4 unspecified atom stereocenters. The second-order valence-corrected chi connectivity index (χ2v) is 7.21. The van der Waals surface area contributed by atoms with E-state index in [2.05, 4.69) is 18.3 Å². The fourth-order valence-electron chi connectivity index (χ4n) is 4.32. The molecule has 1 aromatic rings. The minimum atomic E-state index is 0.343. The summed E-state index contributed by atoms with van der Waals surface area (Å²) in [5, 5.41) is 5.00. The van der Waals surface area contributed by atoms with Gasteiger partial charge in [-0.2, -0.15) is 0 Å². The molecule has 0 saturated heterocycles. The van der Waals surface area contributed by atoms with Crippen LogP contribution in [0.25, 0.3) is 0 Å². The summed E-state index contributed by atoms with van der Waals surface area (Å²) in [5.41, 5.74) is 1.17. The largest absolute Gasteiger partial charge is 0.310 e. The summed E-state index contributed by atoms with van der Waals surface area (Å²) >= 11 is 12.6. The molecular formula is C17H23Cl2N. The molecule has 0 spiro atoms. The Hall–Kier alpha value is -0.240. The van der Waals surface area contributed by atoms with Gasteiger partial charge in [0.05, 0.1) is 10.0 Å². The van der Waals surface area contributed by atoms with E-state index in [4.69, 9.17) is 23.2 Å². The topological polar surface area (TPSA) is 12.0 Å². The lowest BCUT2D eigenvalue weighted by atomic mass is 9.82. The van der Waals surface area contributed by atoms with Crippen molar-refractivity contribution in [2.45, 2.75) is 45.1 Å². The van der Waals surface area contributed by atoms with E-state index in [0.717, 1.165) is 29.3 Å². The van der Waals surface area contributed by atoms with Gasteiger partial charge in [0.15, 0.2) is 0 Å². The molecule has 2 aliphatic rings. The van der Waals surface area contributed by atoms with E-state index in [0.29, 0.717) is 11.1 Å². The molecule has 0 radical (unpaired) electrons. The number of fused-ring (bicyclic) bond motifs is 2. The third kappa shape index (κ3) is 2.86. The molecule has 110 valence electrons. The maximum atomic E-state index is 6.42. The lowest BCUT2D eigenvalue weighted by Crippen LogP contribution is -2.25. The van der Waals surface area contributed by atoms with E-state index >= 15 is 0 Å². The van der Waals surface area contributed by atoms with Gasteiger partial charge in [0, 0.05) is 6.04 Å². The Morgan fingerprint density at radius 1 is 1.25 bits per heavy atom. The standard InChI is InChI=1S/C17H23Cl2N/c1-2-20-16(14-4-3-5-15(18)17(14)19)10-13-9-11-6-7-12(13)8-11/h3-5,11-13,16,20H,2,6-10H2,1H3. The fraction of sp³-hybridized carbons (Fsp3) is 0.647. The first-order chi connectivity index (χ1) is 9.69. The summed E-state index contributed by atoms with van der Waals surface area (Å²) < 4.78 is 0. The molecule has 4 atom stereocenters. The zero-order valence-electron chi connectivity index (χ0n) is 12.0. The molecule has 3 heteroatoms. The van der Waals surface area contributed by atoms with Crippen molar-refractivity contribution < 1.29 is 0 Å². The van der Waals surface area contributed by atoms with Crippen molar-refractivity contribution in [2.75, 3.05) is 6.54 Å². The summed E-state index contributed by atoms with van der Waals surface area (Å²) in [4.78, 5) is 0. The average Bonchev–Trinajstić information content (AvgIpc) is 3.04. The highest BCUT2D eigenvalue weighted by atomic mass is 35.5. The first kappa shape index (κ1) is 14.7. The summed E-state index contributed by atoms with van der Waals surface area (Å²) in [5.74, 6) is 2.83. The lowest BCUT2D eigenvalue weighted by molar-refractivity contribution is 0.280. The van der Waals surface area contributed by atoms with Crippen LogP contribution in [0.4, 0.5) is 0 Å². The Kier molecular flexibility index (Phi) is 4.59. The van der Waals surface area contributed by atoms with Gasteiger partial charge in [-0.05, 0) is 61.6 Å². The van der Waals surface area contributed by atoms with Crippen LogP contribution in [0.15, 0.2) is 18.2 Å². The van der Waals surface area contributed by atoms with E-state index in [1.807, 2.05) is 12.1 Å². The molecule has 0 aliphatic heterocycles. The van der Waals surface area contributed by atoms with Crippen molar-refractivity contribution in [3.05, 3.63) is 33.8 Å². The van der Waals surface area contributed by atoms with Crippen molar-refractivity contribution in [3.8, 4) is 0 Å². The highest BCUT2D eigenvalue weighted by molar-refractivity contribution is 6.42. The van der Waals surface area contributed by atoms with E-state index in [-0.39, 0.29) is 0 Å². The van der Waals surface area contributed by atoms with Crippen LogP contribution in [-0.4, -0.2) is 6.54 Å². The van der Waals surface area contributed by atoms with Crippen molar-refractivity contribution in [1.29, 1.82) is 0 Å². The molecule has 0 amide bonds. The number of nitrogens with one attached hydrogen (secondary N) is 1. The monoisotopic (exact) mass is 311 g/mol. The minimum absolute atomic E-state index is 0.343.